The van der Waals surface area contributed by atoms with Crippen LogP contribution in [0.5, 0.6) is 0 Å². The number of nitriles is 1. The van der Waals surface area contributed by atoms with Gasteiger partial charge in [0.15, 0.2) is 0 Å². The highest BCUT2D eigenvalue weighted by Crippen LogP contribution is 2.39. The number of unbranched alkanes of at least 4 members (excludes halogenated alkanes) is 3. The highest BCUT2D eigenvalue weighted by molar-refractivity contribution is 5.46. The lowest BCUT2D eigenvalue weighted by Crippen LogP contribution is -2.14. The number of nitrogens with zero attached hydrogens (tertiary/aromatic N) is 1. The maximum atomic E-state index is 13.3. The molecule has 0 saturated heterocycles. The average Bonchev–Trinajstić information content (AvgIpc) is 2.45. The predicted octanol–water partition coefficient (Wildman–Crippen LogP) is 6.04. The number of rotatable bonds is 7. The molecule has 0 heterocycles. The summed E-state index contributed by atoms with van der Waals surface area (Å²) in [4.78, 5) is 0. The van der Waals surface area contributed by atoms with Crippen LogP contribution in [0.15, 0.2) is 18.2 Å². The van der Waals surface area contributed by atoms with Gasteiger partial charge in [-0.25, -0.2) is 0 Å². The Kier molecular flexibility index (Phi) is 6.74. The first kappa shape index (κ1) is 17.6. The smallest absolute Gasteiger partial charge is 0.192 e. The molecule has 1 rings (SSSR count). The molecule has 1 aromatic carbocycles. The summed E-state index contributed by atoms with van der Waals surface area (Å²) in [6.45, 7) is 4.01. The van der Waals surface area contributed by atoms with E-state index in [2.05, 4.69) is 6.92 Å². The van der Waals surface area contributed by atoms with E-state index in [4.69, 9.17) is 5.26 Å². The minimum absolute atomic E-state index is 0.133. The molecule has 1 aromatic rings. The zero-order chi connectivity index (χ0) is 15.9. The molecule has 0 N–H and O–H groups in total. The van der Waals surface area contributed by atoms with Gasteiger partial charge in [0.05, 0.1) is 17.2 Å². The molecule has 0 amide bonds. The highest BCUT2D eigenvalue weighted by atomic mass is 19.4. The fraction of sp³-hybridized carbons (Fsp3) is 0.588. The monoisotopic (exact) mass is 297 g/mol. The Balaban J connectivity index is 3.06. The van der Waals surface area contributed by atoms with Crippen molar-refractivity contribution in [3.63, 3.8) is 0 Å². The Hall–Kier alpha value is -1.50. The molecular weight excluding hydrogens is 275 g/mol. The Morgan fingerprint density at radius 1 is 1.14 bits per heavy atom. The van der Waals surface area contributed by atoms with Crippen molar-refractivity contribution in [2.75, 3.05) is 0 Å². The summed E-state index contributed by atoms with van der Waals surface area (Å²) in [7, 11) is 0. The van der Waals surface area contributed by atoms with E-state index in [1.54, 1.807) is 12.1 Å². The molecule has 0 saturated carbocycles. The van der Waals surface area contributed by atoms with Crippen molar-refractivity contribution in [3.8, 4) is 6.07 Å². The van der Waals surface area contributed by atoms with Crippen LogP contribution >= 0.6 is 0 Å². The number of hydrogen-bond donors (Lipinski definition) is 0. The third-order valence-corrected chi connectivity index (χ3v) is 3.84. The Labute approximate surface area is 124 Å². The van der Waals surface area contributed by atoms with Crippen LogP contribution in [0.2, 0.25) is 0 Å². The van der Waals surface area contributed by atoms with Crippen molar-refractivity contribution in [1.29, 1.82) is 5.26 Å². The van der Waals surface area contributed by atoms with Crippen LogP contribution < -0.4 is 0 Å². The quantitative estimate of drug-likeness (QED) is 0.563. The van der Waals surface area contributed by atoms with E-state index in [9.17, 15) is 13.2 Å². The van der Waals surface area contributed by atoms with Crippen molar-refractivity contribution in [3.05, 3.63) is 34.9 Å². The highest BCUT2D eigenvalue weighted by Gasteiger charge is 2.37. The molecule has 1 nitrogen and oxygen atoms in total. The summed E-state index contributed by atoms with van der Waals surface area (Å²) in [5.41, 5.74) is -0.734. The Bertz CT molecular complexity index is 486. The molecule has 1 atom stereocenters. The molecule has 116 valence electrons. The fourth-order valence-electron chi connectivity index (χ4n) is 2.72. The van der Waals surface area contributed by atoms with Gasteiger partial charge in [0.2, 0.25) is 0 Å². The molecule has 0 spiro atoms. The van der Waals surface area contributed by atoms with E-state index >= 15 is 0 Å². The van der Waals surface area contributed by atoms with Gasteiger partial charge in [-0.2, -0.15) is 18.4 Å². The van der Waals surface area contributed by atoms with Crippen LogP contribution in [-0.4, -0.2) is 0 Å². The van der Waals surface area contributed by atoms with Crippen molar-refractivity contribution in [1.82, 2.24) is 0 Å². The zero-order valence-corrected chi connectivity index (χ0v) is 12.6. The molecule has 0 aliphatic heterocycles. The fourth-order valence-corrected chi connectivity index (χ4v) is 2.72. The summed E-state index contributed by atoms with van der Waals surface area (Å²) in [5, 5.41) is 8.96. The molecule has 0 aliphatic carbocycles. The van der Waals surface area contributed by atoms with Crippen LogP contribution in [-0.2, 0) is 6.18 Å². The van der Waals surface area contributed by atoms with E-state index in [1.807, 2.05) is 6.92 Å². The molecule has 0 aromatic heterocycles. The van der Waals surface area contributed by atoms with Gasteiger partial charge in [0.1, 0.15) is 0 Å². The van der Waals surface area contributed by atoms with Gasteiger partial charge in [0.25, 0.3) is 0 Å². The summed E-state index contributed by atoms with van der Waals surface area (Å²) in [6.07, 6.45) is 1.12. The van der Waals surface area contributed by atoms with Gasteiger partial charge in [-0.3, -0.25) is 0 Å². The maximum absolute atomic E-state index is 13.3. The summed E-state index contributed by atoms with van der Waals surface area (Å²) >= 11 is 0. The third-order valence-electron chi connectivity index (χ3n) is 3.84. The van der Waals surface area contributed by atoms with Crippen LogP contribution in [0, 0.1) is 11.3 Å². The second-order valence-corrected chi connectivity index (χ2v) is 5.33. The molecule has 0 radical (unpaired) electrons. The van der Waals surface area contributed by atoms with Gasteiger partial charge in [-0.1, -0.05) is 51.7 Å². The van der Waals surface area contributed by atoms with Crippen molar-refractivity contribution in [2.24, 2.45) is 0 Å². The predicted molar refractivity (Wildman–Crippen MR) is 78.0 cm³/mol. The first-order valence-corrected chi connectivity index (χ1v) is 7.55. The summed E-state index contributed by atoms with van der Waals surface area (Å²) < 4.78 is 39.9. The summed E-state index contributed by atoms with van der Waals surface area (Å²) in [6, 6.07) is 6.00. The lowest BCUT2D eigenvalue weighted by atomic mass is 9.86. The molecule has 4 heteroatoms. The van der Waals surface area contributed by atoms with Gasteiger partial charge >= 0.3 is 6.18 Å². The average molecular weight is 297 g/mol. The number of hydrogen-bond acceptors (Lipinski definition) is 1. The molecule has 0 bridgehead atoms. The maximum Gasteiger partial charge on any atom is 0.417 e. The molecule has 0 fully saturated rings. The van der Waals surface area contributed by atoms with Crippen molar-refractivity contribution in [2.45, 2.75) is 64.5 Å². The molecule has 1 unspecified atom stereocenters. The lowest BCUT2D eigenvalue weighted by molar-refractivity contribution is -0.138. The van der Waals surface area contributed by atoms with Gasteiger partial charge in [-0.15, -0.1) is 0 Å². The minimum Gasteiger partial charge on any atom is -0.192 e. The van der Waals surface area contributed by atoms with Crippen LogP contribution in [0.25, 0.3) is 0 Å². The molecular formula is C17H22F3N. The number of alkyl halides is 3. The first-order valence-electron chi connectivity index (χ1n) is 7.55. The topological polar surface area (TPSA) is 23.8 Å². The second-order valence-electron chi connectivity index (χ2n) is 5.33. The molecule has 0 aliphatic rings. The molecule has 21 heavy (non-hydrogen) atoms. The van der Waals surface area contributed by atoms with E-state index < -0.39 is 11.7 Å². The van der Waals surface area contributed by atoms with E-state index in [0.29, 0.717) is 6.42 Å². The van der Waals surface area contributed by atoms with Gasteiger partial charge in [-0.05, 0) is 30.4 Å². The van der Waals surface area contributed by atoms with Crippen LogP contribution in [0.3, 0.4) is 0 Å². The van der Waals surface area contributed by atoms with E-state index in [1.165, 1.54) is 12.1 Å². The van der Waals surface area contributed by atoms with Gasteiger partial charge < -0.3 is 0 Å². The standard InChI is InChI=1S/C17H22F3N/c1-3-5-6-7-9-13(4-2)15-11-8-10-14(12-21)16(15)17(18,19)20/h8,10-11,13H,3-7,9H2,1-2H3. The SMILES string of the molecule is CCCCCCC(CC)c1cccc(C#N)c1C(F)(F)F. The van der Waals surface area contributed by atoms with Crippen molar-refractivity contribution < 1.29 is 13.2 Å². The van der Waals surface area contributed by atoms with Crippen molar-refractivity contribution >= 4 is 0 Å². The third kappa shape index (κ3) is 4.77. The van der Waals surface area contributed by atoms with E-state index in [0.717, 1.165) is 32.1 Å². The Morgan fingerprint density at radius 3 is 2.38 bits per heavy atom. The largest absolute Gasteiger partial charge is 0.417 e. The zero-order valence-electron chi connectivity index (χ0n) is 12.6. The Morgan fingerprint density at radius 2 is 1.86 bits per heavy atom. The first-order chi connectivity index (χ1) is 9.95. The number of halogens is 3. The van der Waals surface area contributed by atoms with Crippen LogP contribution in [0.1, 0.15) is 75.0 Å². The number of benzene rings is 1. The minimum atomic E-state index is -4.47. The van der Waals surface area contributed by atoms with E-state index in [-0.39, 0.29) is 17.0 Å². The van der Waals surface area contributed by atoms with Crippen LogP contribution in [0.4, 0.5) is 13.2 Å². The normalized spacial score (nSPS) is 13.0. The summed E-state index contributed by atoms with van der Waals surface area (Å²) in [5.74, 6) is -0.133. The van der Waals surface area contributed by atoms with Gasteiger partial charge in [0, 0.05) is 0 Å². The second kappa shape index (κ2) is 8.07. The lowest BCUT2D eigenvalue weighted by Gasteiger charge is -2.21.